The summed E-state index contributed by atoms with van der Waals surface area (Å²) in [5.74, 6) is 2.72. The van der Waals surface area contributed by atoms with Gasteiger partial charge >= 0.3 is 0 Å². The van der Waals surface area contributed by atoms with Gasteiger partial charge in [-0.2, -0.15) is 0 Å². The topological polar surface area (TPSA) is 66.0 Å². The highest BCUT2D eigenvalue weighted by molar-refractivity contribution is 5.92. The van der Waals surface area contributed by atoms with E-state index in [0.717, 1.165) is 39.3 Å². The molecule has 1 N–H and O–H groups in total. The third-order valence-corrected chi connectivity index (χ3v) is 6.06. The fourth-order valence-electron chi connectivity index (χ4n) is 4.01. The van der Waals surface area contributed by atoms with Crippen molar-refractivity contribution in [2.45, 2.75) is 33.3 Å². The quantitative estimate of drug-likeness (QED) is 0.413. The molecule has 1 unspecified atom stereocenters. The zero-order chi connectivity index (χ0) is 24.8. The highest BCUT2D eigenvalue weighted by Gasteiger charge is 2.19. The van der Waals surface area contributed by atoms with Crippen molar-refractivity contribution in [3.63, 3.8) is 0 Å². The van der Waals surface area contributed by atoms with Crippen molar-refractivity contribution in [2.24, 2.45) is 0 Å². The standard InChI is InChI=1S/C29H31NO5/c1-19-10-12-24(29(32-4)28(19)33-17-22-8-6-5-7-9-22)21(3)16-30-27(31)13-11-23-15-26-25(14-20(23)2)34-18-35-26/h5-15,21H,16-18H2,1-4H3,(H,30,31)/b13-11+. The van der Waals surface area contributed by atoms with E-state index in [2.05, 4.69) is 12.2 Å². The monoisotopic (exact) mass is 473 g/mol. The second kappa shape index (κ2) is 11.0. The molecule has 1 aliphatic heterocycles. The molecule has 0 saturated heterocycles. The molecule has 4 rings (SSSR count). The average Bonchev–Trinajstić information content (AvgIpc) is 3.32. The molecule has 1 amide bonds. The molecule has 0 fully saturated rings. The summed E-state index contributed by atoms with van der Waals surface area (Å²) >= 11 is 0. The molecular weight excluding hydrogens is 442 g/mol. The zero-order valence-electron chi connectivity index (χ0n) is 20.6. The van der Waals surface area contributed by atoms with Gasteiger partial charge in [0.25, 0.3) is 0 Å². The van der Waals surface area contributed by atoms with E-state index in [9.17, 15) is 4.79 Å². The van der Waals surface area contributed by atoms with Crippen LogP contribution in [0.15, 0.2) is 60.7 Å². The molecule has 0 radical (unpaired) electrons. The summed E-state index contributed by atoms with van der Waals surface area (Å²) in [5, 5.41) is 2.99. The SMILES string of the molecule is COc1c(C(C)CNC(=O)/C=C/c2cc3c(cc2C)OCO3)ccc(C)c1OCc1ccccc1. The second-order valence-electron chi connectivity index (χ2n) is 8.65. The summed E-state index contributed by atoms with van der Waals surface area (Å²) in [6, 6.07) is 17.9. The Morgan fingerprint density at radius 1 is 1.03 bits per heavy atom. The summed E-state index contributed by atoms with van der Waals surface area (Å²) in [6.07, 6.45) is 3.33. The van der Waals surface area contributed by atoms with Crippen LogP contribution in [0, 0.1) is 13.8 Å². The number of ether oxygens (including phenoxy) is 4. The number of carbonyl (C=O) groups is 1. The van der Waals surface area contributed by atoms with E-state index in [1.165, 1.54) is 6.08 Å². The minimum Gasteiger partial charge on any atom is -0.493 e. The Morgan fingerprint density at radius 3 is 2.51 bits per heavy atom. The molecule has 6 heteroatoms. The van der Waals surface area contributed by atoms with Crippen LogP contribution >= 0.6 is 0 Å². The first-order valence-electron chi connectivity index (χ1n) is 11.7. The highest BCUT2D eigenvalue weighted by atomic mass is 16.7. The van der Waals surface area contributed by atoms with Gasteiger partial charge in [0.1, 0.15) is 6.61 Å². The first kappa shape index (κ1) is 24.2. The molecule has 182 valence electrons. The number of aryl methyl sites for hydroxylation is 2. The van der Waals surface area contributed by atoms with Gasteiger partial charge in [-0.25, -0.2) is 0 Å². The van der Waals surface area contributed by atoms with Gasteiger partial charge in [-0.1, -0.05) is 49.4 Å². The van der Waals surface area contributed by atoms with E-state index in [-0.39, 0.29) is 18.6 Å². The highest BCUT2D eigenvalue weighted by Crippen LogP contribution is 2.39. The first-order valence-corrected chi connectivity index (χ1v) is 11.7. The molecule has 3 aromatic carbocycles. The van der Waals surface area contributed by atoms with Gasteiger partial charge < -0.3 is 24.3 Å². The van der Waals surface area contributed by atoms with E-state index in [4.69, 9.17) is 18.9 Å². The normalized spacial score (nSPS) is 13.0. The van der Waals surface area contributed by atoms with Crippen LogP contribution in [-0.4, -0.2) is 26.4 Å². The van der Waals surface area contributed by atoms with Crippen LogP contribution in [0.4, 0.5) is 0 Å². The van der Waals surface area contributed by atoms with E-state index in [1.807, 2.05) is 68.4 Å². The lowest BCUT2D eigenvalue weighted by Crippen LogP contribution is -2.26. The summed E-state index contributed by atoms with van der Waals surface area (Å²) in [7, 11) is 1.65. The number of amides is 1. The molecule has 0 aliphatic carbocycles. The number of rotatable bonds is 9. The van der Waals surface area contributed by atoms with Gasteiger partial charge in [-0.05, 0) is 54.3 Å². The molecular formula is C29H31NO5. The van der Waals surface area contributed by atoms with E-state index in [1.54, 1.807) is 13.2 Å². The maximum Gasteiger partial charge on any atom is 0.244 e. The molecule has 35 heavy (non-hydrogen) atoms. The van der Waals surface area contributed by atoms with Gasteiger partial charge in [0.05, 0.1) is 7.11 Å². The molecule has 1 atom stereocenters. The van der Waals surface area contributed by atoms with E-state index >= 15 is 0 Å². The molecule has 1 aliphatic rings. The number of carbonyl (C=O) groups excluding carboxylic acids is 1. The summed E-state index contributed by atoms with van der Waals surface area (Å²) in [5.41, 5.74) is 5.00. The van der Waals surface area contributed by atoms with Crippen molar-refractivity contribution < 1.29 is 23.7 Å². The summed E-state index contributed by atoms with van der Waals surface area (Å²) in [6.45, 7) is 7.17. The zero-order valence-corrected chi connectivity index (χ0v) is 20.6. The third-order valence-electron chi connectivity index (χ3n) is 6.06. The first-order chi connectivity index (χ1) is 17.0. The van der Waals surface area contributed by atoms with E-state index in [0.29, 0.717) is 24.7 Å². The van der Waals surface area contributed by atoms with Crippen LogP contribution in [0.25, 0.3) is 6.08 Å². The number of nitrogens with one attached hydrogen (secondary N) is 1. The van der Waals surface area contributed by atoms with Gasteiger partial charge in [-0.3, -0.25) is 4.79 Å². The maximum absolute atomic E-state index is 12.5. The van der Waals surface area contributed by atoms with Crippen LogP contribution in [0.1, 0.15) is 40.7 Å². The predicted molar refractivity (Wildman–Crippen MR) is 136 cm³/mol. The lowest BCUT2D eigenvalue weighted by atomic mass is 9.97. The Labute approximate surface area is 206 Å². The summed E-state index contributed by atoms with van der Waals surface area (Å²) in [4.78, 5) is 12.5. The molecule has 0 bridgehead atoms. The molecule has 3 aromatic rings. The van der Waals surface area contributed by atoms with Crippen LogP contribution in [-0.2, 0) is 11.4 Å². The lowest BCUT2D eigenvalue weighted by Gasteiger charge is -2.20. The van der Waals surface area contributed by atoms with E-state index < -0.39 is 0 Å². The van der Waals surface area contributed by atoms with Gasteiger partial charge in [0, 0.05) is 24.1 Å². The Balaban J connectivity index is 1.40. The maximum atomic E-state index is 12.5. The van der Waals surface area contributed by atoms with Crippen molar-refractivity contribution in [3.05, 3.63) is 88.5 Å². The van der Waals surface area contributed by atoms with Crippen molar-refractivity contribution in [1.82, 2.24) is 5.32 Å². The van der Waals surface area contributed by atoms with Gasteiger partial charge in [0.15, 0.2) is 23.0 Å². The average molecular weight is 474 g/mol. The minimum absolute atomic E-state index is 0.0225. The second-order valence-corrected chi connectivity index (χ2v) is 8.65. The lowest BCUT2D eigenvalue weighted by molar-refractivity contribution is -0.116. The largest absolute Gasteiger partial charge is 0.493 e. The molecule has 1 heterocycles. The number of hydrogen-bond donors (Lipinski definition) is 1. The Morgan fingerprint density at radius 2 is 1.77 bits per heavy atom. The third kappa shape index (κ3) is 5.77. The summed E-state index contributed by atoms with van der Waals surface area (Å²) < 4.78 is 22.7. The Hall–Kier alpha value is -3.93. The van der Waals surface area contributed by atoms with Crippen molar-refractivity contribution in [3.8, 4) is 23.0 Å². The number of fused-ring (bicyclic) bond motifs is 1. The Bertz CT molecular complexity index is 1220. The van der Waals surface area contributed by atoms with Crippen LogP contribution < -0.4 is 24.3 Å². The Kier molecular flexibility index (Phi) is 7.60. The van der Waals surface area contributed by atoms with Crippen LogP contribution in [0.5, 0.6) is 23.0 Å². The fraction of sp³-hybridized carbons (Fsp3) is 0.276. The van der Waals surface area contributed by atoms with Crippen LogP contribution in [0.2, 0.25) is 0 Å². The fourth-order valence-corrected chi connectivity index (χ4v) is 4.01. The van der Waals surface area contributed by atoms with Crippen LogP contribution in [0.3, 0.4) is 0 Å². The smallest absolute Gasteiger partial charge is 0.244 e. The van der Waals surface area contributed by atoms with Crippen molar-refractivity contribution in [2.75, 3.05) is 20.4 Å². The molecule has 6 nitrogen and oxygen atoms in total. The van der Waals surface area contributed by atoms with Crippen molar-refractivity contribution in [1.29, 1.82) is 0 Å². The predicted octanol–water partition coefficient (Wildman–Crippen LogP) is 5.55. The number of hydrogen-bond acceptors (Lipinski definition) is 5. The molecule has 0 saturated carbocycles. The van der Waals surface area contributed by atoms with Gasteiger partial charge in [0.2, 0.25) is 12.7 Å². The number of benzene rings is 3. The molecule has 0 aromatic heterocycles. The minimum atomic E-state index is -0.166. The van der Waals surface area contributed by atoms with Gasteiger partial charge in [-0.15, -0.1) is 0 Å². The van der Waals surface area contributed by atoms with Crippen molar-refractivity contribution >= 4 is 12.0 Å². The molecule has 0 spiro atoms. The number of methoxy groups -OCH3 is 1.